The molecule has 104 valence electrons. The number of ether oxygens (including phenoxy) is 1. The zero-order valence-corrected chi connectivity index (χ0v) is 11.0. The number of phenolic OH excluding ortho intramolecular Hbond substituents is 2. The van der Waals surface area contributed by atoms with Gasteiger partial charge < -0.3 is 19.8 Å². The number of likely N-dealkylation sites (tertiary alicyclic amines) is 1. The van der Waals surface area contributed by atoms with Crippen LogP contribution in [-0.4, -0.2) is 46.8 Å². The summed E-state index contributed by atoms with van der Waals surface area (Å²) in [6.07, 6.45) is 1.91. The number of hydrogen-bond acceptors (Lipinski definition) is 4. The van der Waals surface area contributed by atoms with Crippen molar-refractivity contribution in [3.63, 3.8) is 0 Å². The number of benzene rings is 1. The quantitative estimate of drug-likeness (QED) is 0.817. The Bertz CT molecular complexity index is 453. The van der Waals surface area contributed by atoms with Crippen LogP contribution in [0, 0.1) is 0 Å². The lowest BCUT2D eigenvalue weighted by atomic mass is 10.1. The largest absolute Gasteiger partial charge is 0.504 e. The molecule has 1 saturated heterocycles. The summed E-state index contributed by atoms with van der Waals surface area (Å²) in [5.41, 5.74) is 0.394. The summed E-state index contributed by atoms with van der Waals surface area (Å²) in [4.78, 5) is 14.0. The monoisotopic (exact) mass is 265 g/mol. The smallest absolute Gasteiger partial charge is 0.253 e. The average Bonchev–Trinajstić information content (AvgIpc) is 2.42. The Morgan fingerprint density at radius 3 is 2.58 bits per heavy atom. The van der Waals surface area contributed by atoms with Gasteiger partial charge in [-0.05, 0) is 38.0 Å². The Morgan fingerprint density at radius 2 is 2.00 bits per heavy atom. The first-order valence-electron chi connectivity index (χ1n) is 6.54. The average molecular weight is 265 g/mol. The van der Waals surface area contributed by atoms with Crippen LogP contribution < -0.4 is 0 Å². The zero-order valence-electron chi connectivity index (χ0n) is 11.0. The van der Waals surface area contributed by atoms with Crippen molar-refractivity contribution >= 4 is 5.91 Å². The third-order valence-corrected chi connectivity index (χ3v) is 3.35. The molecule has 2 N–H and O–H groups in total. The molecule has 0 saturated carbocycles. The highest BCUT2D eigenvalue weighted by Gasteiger charge is 2.24. The maximum Gasteiger partial charge on any atom is 0.253 e. The fourth-order valence-electron chi connectivity index (χ4n) is 2.30. The van der Waals surface area contributed by atoms with E-state index in [-0.39, 0.29) is 23.5 Å². The van der Waals surface area contributed by atoms with Crippen molar-refractivity contribution in [2.75, 3.05) is 19.7 Å². The molecule has 0 unspecified atom stereocenters. The number of piperidine rings is 1. The zero-order chi connectivity index (χ0) is 13.8. The fourth-order valence-corrected chi connectivity index (χ4v) is 2.30. The van der Waals surface area contributed by atoms with Crippen LogP contribution in [0.5, 0.6) is 11.5 Å². The molecule has 1 aliphatic rings. The number of amides is 1. The molecule has 5 nitrogen and oxygen atoms in total. The maximum atomic E-state index is 12.2. The summed E-state index contributed by atoms with van der Waals surface area (Å²) < 4.78 is 5.54. The fraction of sp³-hybridized carbons (Fsp3) is 0.500. The van der Waals surface area contributed by atoms with Crippen LogP contribution >= 0.6 is 0 Å². The van der Waals surface area contributed by atoms with E-state index in [1.165, 1.54) is 18.2 Å². The van der Waals surface area contributed by atoms with Crippen LogP contribution in [0.25, 0.3) is 0 Å². The first-order chi connectivity index (χ1) is 9.11. The van der Waals surface area contributed by atoms with E-state index in [1.54, 1.807) is 4.90 Å². The number of carbonyl (C=O) groups excluding carboxylic acids is 1. The molecule has 0 aliphatic carbocycles. The number of rotatable bonds is 3. The third-order valence-electron chi connectivity index (χ3n) is 3.35. The molecule has 1 aliphatic heterocycles. The first kappa shape index (κ1) is 13.7. The second-order valence-corrected chi connectivity index (χ2v) is 4.65. The lowest BCUT2D eigenvalue weighted by Crippen LogP contribution is -2.40. The minimum atomic E-state index is -0.268. The van der Waals surface area contributed by atoms with Gasteiger partial charge in [0.05, 0.1) is 6.10 Å². The van der Waals surface area contributed by atoms with E-state index in [1.807, 2.05) is 6.92 Å². The Labute approximate surface area is 112 Å². The molecule has 19 heavy (non-hydrogen) atoms. The summed E-state index contributed by atoms with van der Waals surface area (Å²) >= 11 is 0. The van der Waals surface area contributed by atoms with Crippen LogP contribution in [0.15, 0.2) is 18.2 Å². The minimum absolute atomic E-state index is 0.120. The molecule has 0 aromatic heterocycles. The van der Waals surface area contributed by atoms with Gasteiger partial charge in [0.15, 0.2) is 11.5 Å². The van der Waals surface area contributed by atoms with Crippen LogP contribution in [0.4, 0.5) is 0 Å². The van der Waals surface area contributed by atoms with Crippen molar-refractivity contribution in [1.29, 1.82) is 0 Å². The van der Waals surface area contributed by atoms with Crippen molar-refractivity contribution in [2.24, 2.45) is 0 Å². The van der Waals surface area contributed by atoms with Crippen molar-refractivity contribution in [3.05, 3.63) is 23.8 Å². The molecule has 0 radical (unpaired) electrons. The van der Waals surface area contributed by atoms with E-state index < -0.39 is 0 Å². The summed E-state index contributed by atoms with van der Waals surface area (Å²) in [7, 11) is 0. The lowest BCUT2D eigenvalue weighted by molar-refractivity contribution is 0.0146. The molecule has 0 bridgehead atoms. The molecule has 0 spiro atoms. The summed E-state index contributed by atoms with van der Waals surface area (Å²) in [5, 5.41) is 18.7. The minimum Gasteiger partial charge on any atom is -0.504 e. The third kappa shape index (κ3) is 3.17. The van der Waals surface area contributed by atoms with Gasteiger partial charge in [0.2, 0.25) is 0 Å². The van der Waals surface area contributed by atoms with Gasteiger partial charge in [-0.2, -0.15) is 0 Å². The van der Waals surface area contributed by atoms with Gasteiger partial charge in [-0.3, -0.25) is 4.79 Å². The molecular weight excluding hydrogens is 246 g/mol. The lowest BCUT2D eigenvalue weighted by Gasteiger charge is -2.31. The number of nitrogens with zero attached hydrogens (tertiary/aromatic N) is 1. The molecule has 1 aromatic rings. The highest BCUT2D eigenvalue weighted by molar-refractivity contribution is 5.95. The van der Waals surface area contributed by atoms with E-state index in [0.29, 0.717) is 25.3 Å². The molecule has 2 rings (SSSR count). The van der Waals surface area contributed by atoms with Crippen LogP contribution in [-0.2, 0) is 4.74 Å². The van der Waals surface area contributed by atoms with Crippen LogP contribution in [0.1, 0.15) is 30.1 Å². The molecule has 1 fully saturated rings. The molecule has 5 heteroatoms. The standard InChI is InChI=1S/C14H19NO4/c1-2-19-11-5-7-15(8-6-11)14(18)10-3-4-12(16)13(17)9-10/h3-4,9,11,16-17H,2,5-8H2,1H3. The van der Waals surface area contributed by atoms with Gasteiger partial charge in [0.1, 0.15) is 0 Å². The van der Waals surface area contributed by atoms with E-state index in [4.69, 9.17) is 4.74 Å². The number of phenols is 2. The SMILES string of the molecule is CCOC1CCN(C(=O)c2ccc(O)c(O)c2)CC1. The number of carbonyl (C=O) groups is 1. The Hall–Kier alpha value is -1.75. The predicted molar refractivity (Wildman–Crippen MR) is 70.3 cm³/mol. The summed E-state index contributed by atoms with van der Waals surface area (Å²) in [6, 6.07) is 4.15. The van der Waals surface area contributed by atoms with E-state index in [2.05, 4.69) is 0 Å². The predicted octanol–water partition coefficient (Wildman–Crippen LogP) is 1.74. The van der Waals surface area contributed by atoms with Crippen molar-refractivity contribution in [3.8, 4) is 11.5 Å². The van der Waals surface area contributed by atoms with E-state index in [0.717, 1.165) is 12.8 Å². The molecule has 1 amide bonds. The summed E-state index contributed by atoms with van der Waals surface area (Å²) in [6.45, 7) is 3.98. The summed E-state index contributed by atoms with van der Waals surface area (Å²) in [5.74, 6) is -0.605. The number of aromatic hydroxyl groups is 2. The second-order valence-electron chi connectivity index (χ2n) is 4.65. The number of hydrogen-bond donors (Lipinski definition) is 2. The normalized spacial score (nSPS) is 16.6. The van der Waals surface area contributed by atoms with Gasteiger partial charge in [-0.15, -0.1) is 0 Å². The van der Waals surface area contributed by atoms with E-state index >= 15 is 0 Å². The van der Waals surface area contributed by atoms with E-state index in [9.17, 15) is 15.0 Å². The molecule has 0 atom stereocenters. The first-order valence-corrected chi connectivity index (χ1v) is 6.54. The highest BCUT2D eigenvalue weighted by atomic mass is 16.5. The molecule has 1 aromatic carbocycles. The van der Waals surface area contributed by atoms with Gasteiger partial charge in [0.25, 0.3) is 5.91 Å². The topological polar surface area (TPSA) is 70.0 Å². The van der Waals surface area contributed by atoms with Gasteiger partial charge in [-0.1, -0.05) is 0 Å². The van der Waals surface area contributed by atoms with Gasteiger partial charge in [-0.25, -0.2) is 0 Å². The van der Waals surface area contributed by atoms with Gasteiger partial charge >= 0.3 is 0 Å². The van der Waals surface area contributed by atoms with Gasteiger partial charge in [0, 0.05) is 25.3 Å². The Kier molecular flexibility index (Phi) is 4.27. The molecule has 1 heterocycles. The Balaban J connectivity index is 1.99. The van der Waals surface area contributed by atoms with Crippen molar-refractivity contribution < 1.29 is 19.7 Å². The van der Waals surface area contributed by atoms with Crippen molar-refractivity contribution in [2.45, 2.75) is 25.9 Å². The Morgan fingerprint density at radius 1 is 1.32 bits per heavy atom. The van der Waals surface area contributed by atoms with Crippen LogP contribution in [0.3, 0.4) is 0 Å². The molecular formula is C14H19NO4. The maximum absolute atomic E-state index is 12.2. The second kappa shape index (κ2) is 5.93. The van der Waals surface area contributed by atoms with Crippen LogP contribution in [0.2, 0.25) is 0 Å². The van der Waals surface area contributed by atoms with Crippen molar-refractivity contribution in [1.82, 2.24) is 4.90 Å². The highest BCUT2D eigenvalue weighted by Crippen LogP contribution is 2.26.